The molecule has 0 bridgehead atoms. The fraction of sp³-hybridized carbons (Fsp3) is 0.308. The molecule has 0 radical (unpaired) electrons. The minimum atomic E-state index is 0.0248. The first-order valence-electron chi connectivity index (χ1n) is 5.58. The molecule has 3 nitrogen and oxygen atoms in total. The van der Waals surface area contributed by atoms with E-state index in [0.717, 1.165) is 34.9 Å². The Morgan fingerprint density at radius 1 is 1.41 bits per heavy atom. The van der Waals surface area contributed by atoms with E-state index in [-0.39, 0.29) is 6.61 Å². The van der Waals surface area contributed by atoms with Gasteiger partial charge in [-0.1, -0.05) is 6.07 Å². The molecule has 0 fully saturated rings. The van der Waals surface area contributed by atoms with Gasteiger partial charge in [0.15, 0.2) is 0 Å². The van der Waals surface area contributed by atoms with Gasteiger partial charge in [0.2, 0.25) is 0 Å². The first-order chi connectivity index (χ1) is 8.31. The fourth-order valence-electron chi connectivity index (χ4n) is 2.22. The van der Waals surface area contributed by atoms with Gasteiger partial charge in [-0.25, -0.2) is 4.98 Å². The highest BCUT2D eigenvalue weighted by Gasteiger charge is 2.20. The molecule has 1 aromatic carbocycles. The van der Waals surface area contributed by atoms with Crippen molar-refractivity contribution in [1.82, 2.24) is 4.98 Å². The van der Waals surface area contributed by atoms with Gasteiger partial charge in [-0.15, -0.1) is 11.3 Å². The Morgan fingerprint density at radius 3 is 3.06 bits per heavy atom. The minimum Gasteiger partial charge on any atom is -0.497 e. The van der Waals surface area contributed by atoms with Crippen molar-refractivity contribution in [3.05, 3.63) is 33.6 Å². The molecule has 1 aromatic heterocycles. The largest absolute Gasteiger partial charge is 0.497 e. The number of aliphatic hydroxyl groups is 1. The molecule has 4 heteroatoms. The van der Waals surface area contributed by atoms with Gasteiger partial charge in [0.25, 0.3) is 0 Å². The van der Waals surface area contributed by atoms with Crippen molar-refractivity contribution in [3.8, 4) is 17.0 Å². The molecule has 1 heterocycles. The summed E-state index contributed by atoms with van der Waals surface area (Å²) in [6.45, 7) is 0.0248. The van der Waals surface area contributed by atoms with Crippen molar-refractivity contribution < 1.29 is 9.84 Å². The monoisotopic (exact) mass is 247 g/mol. The number of thiazole rings is 1. The maximum Gasteiger partial charge on any atom is 0.119 e. The van der Waals surface area contributed by atoms with Gasteiger partial charge in [0.05, 0.1) is 19.4 Å². The average Bonchev–Trinajstić information content (AvgIpc) is 2.81. The van der Waals surface area contributed by atoms with Crippen LogP contribution in [0.4, 0.5) is 0 Å². The van der Waals surface area contributed by atoms with Crippen LogP contribution >= 0.6 is 11.3 Å². The number of methoxy groups -OCH3 is 1. The molecule has 3 rings (SSSR count). The lowest BCUT2D eigenvalue weighted by Crippen LogP contribution is -2.02. The zero-order valence-corrected chi connectivity index (χ0v) is 10.4. The second kappa shape index (κ2) is 4.13. The Kier molecular flexibility index (Phi) is 2.61. The third-order valence-electron chi connectivity index (χ3n) is 3.07. The number of aliphatic hydroxyl groups excluding tert-OH is 1. The average molecular weight is 247 g/mol. The van der Waals surface area contributed by atoms with Crippen molar-refractivity contribution in [1.29, 1.82) is 0 Å². The van der Waals surface area contributed by atoms with Crippen LogP contribution in [0.2, 0.25) is 0 Å². The van der Waals surface area contributed by atoms with Gasteiger partial charge in [0.1, 0.15) is 10.8 Å². The Hall–Kier alpha value is -1.39. The van der Waals surface area contributed by atoms with Gasteiger partial charge in [-0.05, 0) is 30.5 Å². The summed E-state index contributed by atoms with van der Waals surface area (Å²) < 4.78 is 5.25. The van der Waals surface area contributed by atoms with E-state index in [9.17, 15) is 0 Å². The Balaban J connectivity index is 2.16. The van der Waals surface area contributed by atoms with E-state index in [1.807, 2.05) is 12.1 Å². The number of ether oxygens (including phenoxy) is 1. The zero-order valence-electron chi connectivity index (χ0n) is 9.56. The number of hydrogen-bond donors (Lipinski definition) is 1. The summed E-state index contributed by atoms with van der Waals surface area (Å²) in [6, 6.07) is 6.13. The summed E-state index contributed by atoms with van der Waals surface area (Å²) in [4.78, 5) is 5.77. The highest BCUT2D eigenvalue weighted by atomic mass is 32.1. The SMILES string of the molecule is COc1ccc2c(c1)-c1nc(CO)sc1CC2. The third kappa shape index (κ3) is 1.73. The molecule has 1 N–H and O–H groups in total. The summed E-state index contributed by atoms with van der Waals surface area (Å²) in [5.41, 5.74) is 3.49. The van der Waals surface area contributed by atoms with Crippen LogP contribution in [0, 0.1) is 0 Å². The molecule has 0 atom stereocenters. The number of aryl methyl sites for hydroxylation is 2. The number of nitrogens with zero attached hydrogens (tertiary/aromatic N) is 1. The molecule has 0 aliphatic heterocycles. The van der Waals surface area contributed by atoms with Crippen LogP contribution in [0.15, 0.2) is 18.2 Å². The van der Waals surface area contributed by atoms with E-state index in [1.165, 1.54) is 10.4 Å². The van der Waals surface area contributed by atoms with Crippen LogP contribution in [0.5, 0.6) is 5.75 Å². The number of aromatic nitrogens is 1. The van der Waals surface area contributed by atoms with E-state index < -0.39 is 0 Å². The molecule has 0 saturated heterocycles. The number of rotatable bonds is 2. The molecule has 88 valence electrons. The molecule has 2 aromatic rings. The van der Waals surface area contributed by atoms with Gasteiger partial charge >= 0.3 is 0 Å². The highest BCUT2D eigenvalue weighted by Crippen LogP contribution is 2.37. The van der Waals surface area contributed by atoms with Crippen molar-refractivity contribution in [2.75, 3.05) is 7.11 Å². The molecule has 1 aliphatic carbocycles. The maximum atomic E-state index is 9.16. The summed E-state index contributed by atoms with van der Waals surface area (Å²) in [5, 5.41) is 9.96. The Labute approximate surface area is 104 Å². The fourth-order valence-corrected chi connectivity index (χ4v) is 3.16. The third-order valence-corrected chi connectivity index (χ3v) is 4.17. The maximum absolute atomic E-state index is 9.16. The van der Waals surface area contributed by atoms with E-state index in [1.54, 1.807) is 18.4 Å². The normalized spacial score (nSPS) is 13.1. The van der Waals surface area contributed by atoms with Crippen LogP contribution in [0.1, 0.15) is 15.4 Å². The van der Waals surface area contributed by atoms with Crippen LogP contribution in [0.3, 0.4) is 0 Å². The van der Waals surface area contributed by atoms with Gasteiger partial charge in [-0.2, -0.15) is 0 Å². The van der Waals surface area contributed by atoms with Gasteiger partial charge in [0, 0.05) is 10.4 Å². The van der Waals surface area contributed by atoms with Crippen molar-refractivity contribution in [3.63, 3.8) is 0 Å². The number of benzene rings is 1. The van der Waals surface area contributed by atoms with Crippen molar-refractivity contribution >= 4 is 11.3 Å². The minimum absolute atomic E-state index is 0.0248. The van der Waals surface area contributed by atoms with Crippen molar-refractivity contribution in [2.45, 2.75) is 19.4 Å². The smallest absolute Gasteiger partial charge is 0.119 e. The lowest BCUT2D eigenvalue weighted by molar-refractivity contribution is 0.281. The van der Waals surface area contributed by atoms with E-state index in [4.69, 9.17) is 9.84 Å². The molecule has 0 amide bonds. The molecule has 0 unspecified atom stereocenters. The molecule has 0 saturated carbocycles. The highest BCUT2D eigenvalue weighted by molar-refractivity contribution is 7.12. The quantitative estimate of drug-likeness (QED) is 0.886. The predicted molar refractivity (Wildman–Crippen MR) is 67.4 cm³/mol. The van der Waals surface area contributed by atoms with E-state index >= 15 is 0 Å². The molecular weight excluding hydrogens is 234 g/mol. The van der Waals surface area contributed by atoms with Gasteiger partial charge in [-0.3, -0.25) is 0 Å². The summed E-state index contributed by atoms with van der Waals surface area (Å²) in [5.74, 6) is 0.857. The lowest BCUT2D eigenvalue weighted by Gasteiger charge is -2.15. The molecule has 0 spiro atoms. The topological polar surface area (TPSA) is 42.4 Å². The van der Waals surface area contributed by atoms with Crippen LogP contribution in [0.25, 0.3) is 11.3 Å². The van der Waals surface area contributed by atoms with E-state index in [0.29, 0.717) is 0 Å². The second-order valence-electron chi connectivity index (χ2n) is 4.06. The summed E-state index contributed by atoms with van der Waals surface area (Å²) in [6.07, 6.45) is 2.06. The first kappa shape index (κ1) is 10.7. The standard InChI is InChI=1S/C13H13NO2S/c1-16-9-4-2-8-3-5-11-13(10(8)6-9)14-12(7-15)17-11/h2,4,6,15H,3,5,7H2,1H3. The van der Waals surface area contributed by atoms with Gasteiger partial charge < -0.3 is 9.84 Å². The first-order valence-corrected chi connectivity index (χ1v) is 6.40. The Morgan fingerprint density at radius 2 is 2.29 bits per heavy atom. The predicted octanol–water partition coefficient (Wildman–Crippen LogP) is 2.41. The Bertz CT molecular complexity index is 563. The molecular formula is C13H13NO2S. The van der Waals surface area contributed by atoms with Crippen LogP contribution in [-0.4, -0.2) is 17.2 Å². The summed E-state index contributed by atoms with van der Waals surface area (Å²) in [7, 11) is 1.67. The number of fused-ring (bicyclic) bond motifs is 3. The zero-order chi connectivity index (χ0) is 11.8. The summed E-state index contributed by atoms with van der Waals surface area (Å²) >= 11 is 1.61. The molecule has 17 heavy (non-hydrogen) atoms. The van der Waals surface area contributed by atoms with E-state index in [2.05, 4.69) is 11.1 Å². The molecule has 1 aliphatic rings. The second-order valence-corrected chi connectivity index (χ2v) is 5.23. The van der Waals surface area contributed by atoms with Crippen molar-refractivity contribution in [2.24, 2.45) is 0 Å². The number of hydrogen-bond acceptors (Lipinski definition) is 4. The lowest BCUT2D eigenvalue weighted by atomic mass is 9.93. The van der Waals surface area contributed by atoms with Crippen LogP contribution in [-0.2, 0) is 19.4 Å². The van der Waals surface area contributed by atoms with Crippen LogP contribution < -0.4 is 4.74 Å².